The maximum Gasteiger partial charge on any atom is 0.348 e. The van der Waals surface area contributed by atoms with Crippen LogP contribution in [0, 0.1) is 19.8 Å². The lowest BCUT2D eigenvalue weighted by atomic mass is 9.92. The molecule has 0 aliphatic carbocycles. The Morgan fingerprint density at radius 2 is 2.23 bits per heavy atom. The van der Waals surface area contributed by atoms with Crippen molar-refractivity contribution in [2.45, 2.75) is 39.3 Å². The predicted molar refractivity (Wildman–Crippen MR) is 95.6 cm³/mol. The van der Waals surface area contributed by atoms with Crippen LogP contribution in [0.3, 0.4) is 0 Å². The molecule has 0 bridgehead atoms. The third kappa shape index (κ3) is 4.01. The molecule has 8 nitrogen and oxygen atoms in total. The third-order valence-electron chi connectivity index (χ3n) is 4.80. The van der Waals surface area contributed by atoms with Crippen molar-refractivity contribution in [3.05, 3.63) is 45.9 Å². The van der Waals surface area contributed by atoms with Gasteiger partial charge in [-0.05, 0) is 38.8 Å². The van der Waals surface area contributed by atoms with E-state index in [1.54, 1.807) is 26.1 Å². The molecular formula is C18H25N5O3. The molecule has 2 aromatic rings. The minimum Gasteiger partial charge on any atom is -0.372 e. The maximum atomic E-state index is 12.3. The smallest absolute Gasteiger partial charge is 0.348 e. The van der Waals surface area contributed by atoms with Crippen molar-refractivity contribution >= 4 is 5.91 Å². The van der Waals surface area contributed by atoms with Crippen LogP contribution in [-0.4, -0.2) is 38.4 Å². The van der Waals surface area contributed by atoms with Crippen LogP contribution in [0.25, 0.3) is 0 Å². The van der Waals surface area contributed by atoms with Gasteiger partial charge in [0.25, 0.3) is 0 Å². The predicted octanol–water partition coefficient (Wildman–Crippen LogP) is 0.878. The highest BCUT2D eigenvalue weighted by atomic mass is 16.5. The molecule has 2 aromatic heterocycles. The van der Waals surface area contributed by atoms with Crippen molar-refractivity contribution in [3.63, 3.8) is 0 Å². The average molecular weight is 359 g/mol. The van der Waals surface area contributed by atoms with E-state index in [2.05, 4.69) is 15.4 Å². The highest BCUT2D eigenvalue weighted by Gasteiger charge is 2.29. The number of rotatable bonds is 5. The molecule has 3 rings (SSSR count). The Morgan fingerprint density at radius 3 is 2.92 bits per heavy atom. The number of aryl methyl sites for hydroxylation is 3. The van der Waals surface area contributed by atoms with Gasteiger partial charge in [-0.3, -0.25) is 14.0 Å². The second-order valence-electron chi connectivity index (χ2n) is 6.79. The largest absolute Gasteiger partial charge is 0.372 e. The molecule has 1 amide bonds. The Labute approximate surface area is 152 Å². The van der Waals surface area contributed by atoms with E-state index in [0.29, 0.717) is 18.8 Å². The van der Waals surface area contributed by atoms with Gasteiger partial charge < -0.3 is 10.1 Å². The van der Waals surface area contributed by atoms with Crippen LogP contribution in [0.2, 0.25) is 0 Å². The number of amides is 1. The molecule has 1 aliphatic heterocycles. The second-order valence-corrected chi connectivity index (χ2v) is 6.79. The Hall–Kier alpha value is -2.48. The van der Waals surface area contributed by atoms with Crippen LogP contribution in [0.1, 0.15) is 36.0 Å². The first-order chi connectivity index (χ1) is 12.5. The lowest BCUT2D eigenvalue weighted by Gasteiger charge is -2.32. The van der Waals surface area contributed by atoms with Gasteiger partial charge in [-0.25, -0.2) is 4.79 Å². The van der Waals surface area contributed by atoms with Crippen LogP contribution in [0.4, 0.5) is 0 Å². The summed E-state index contributed by atoms with van der Waals surface area (Å²) in [6.07, 6.45) is 3.61. The van der Waals surface area contributed by atoms with Crippen molar-refractivity contribution in [2.75, 3.05) is 13.2 Å². The number of nitrogens with one attached hydrogen (secondary N) is 1. The van der Waals surface area contributed by atoms with Gasteiger partial charge in [0, 0.05) is 43.7 Å². The molecule has 1 N–H and O–H groups in total. The fraction of sp³-hybridized carbons (Fsp3) is 0.556. The summed E-state index contributed by atoms with van der Waals surface area (Å²) in [4.78, 5) is 28.2. The summed E-state index contributed by atoms with van der Waals surface area (Å²) >= 11 is 0. The van der Waals surface area contributed by atoms with E-state index in [1.165, 1.54) is 4.57 Å². The van der Waals surface area contributed by atoms with Gasteiger partial charge in [-0.15, -0.1) is 0 Å². The molecule has 0 saturated carbocycles. The lowest BCUT2D eigenvalue weighted by Crippen LogP contribution is -2.39. The van der Waals surface area contributed by atoms with Gasteiger partial charge in [0.15, 0.2) is 0 Å². The molecule has 2 atom stereocenters. The third-order valence-corrected chi connectivity index (χ3v) is 4.80. The topological polar surface area (TPSA) is 91.0 Å². The molecule has 1 fully saturated rings. The summed E-state index contributed by atoms with van der Waals surface area (Å²) in [7, 11) is 1.89. The van der Waals surface area contributed by atoms with Crippen LogP contribution >= 0.6 is 0 Å². The summed E-state index contributed by atoms with van der Waals surface area (Å²) < 4.78 is 9.14. The van der Waals surface area contributed by atoms with Crippen molar-refractivity contribution in [2.24, 2.45) is 13.0 Å². The van der Waals surface area contributed by atoms with Gasteiger partial charge in [0.2, 0.25) is 5.91 Å². The minimum atomic E-state index is -0.397. The zero-order valence-electron chi connectivity index (χ0n) is 15.4. The SMILES string of the molecule is Cc1cc(C)n(CC(=O)NC[C@@H]2CCCO[C@H]2c2ccnn2C)c(=O)n1. The number of nitrogens with zero attached hydrogens (tertiary/aromatic N) is 4. The zero-order valence-corrected chi connectivity index (χ0v) is 15.4. The number of aromatic nitrogens is 4. The van der Waals surface area contributed by atoms with Gasteiger partial charge in [-0.1, -0.05) is 0 Å². The molecule has 0 unspecified atom stereocenters. The highest BCUT2D eigenvalue weighted by molar-refractivity contribution is 5.75. The van der Waals surface area contributed by atoms with E-state index in [0.717, 1.165) is 24.2 Å². The van der Waals surface area contributed by atoms with Crippen LogP contribution in [0.15, 0.2) is 23.1 Å². The Bertz CT molecular complexity index is 842. The summed E-state index contributed by atoms with van der Waals surface area (Å²) in [5.74, 6) is -0.0211. The molecule has 3 heterocycles. The summed E-state index contributed by atoms with van der Waals surface area (Å²) in [5, 5.41) is 7.15. The van der Waals surface area contributed by atoms with Crippen molar-refractivity contribution in [3.8, 4) is 0 Å². The first-order valence-corrected chi connectivity index (χ1v) is 8.87. The molecule has 26 heavy (non-hydrogen) atoms. The standard InChI is InChI=1S/C18H25N5O3/c1-12-9-13(2)23(18(25)21-12)11-16(24)19-10-14-5-4-8-26-17(14)15-6-7-20-22(15)3/h6-7,9,14,17H,4-5,8,10-11H2,1-3H3,(H,19,24)/t14-,17+/m0/s1. The van der Waals surface area contributed by atoms with E-state index in [-0.39, 0.29) is 24.5 Å². The molecule has 0 aromatic carbocycles. The van der Waals surface area contributed by atoms with E-state index in [4.69, 9.17) is 4.74 Å². The average Bonchev–Trinajstić information content (AvgIpc) is 3.02. The fourth-order valence-electron chi connectivity index (χ4n) is 3.45. The molecule has 0 radical (unpaired) electrons. The summed E-state index contributed by atoms with van der Waals surface area (Å²) in [5.41, 5.74) is 2.00. The molecule has 0 spiro atoms. The molecule has 140 valence electrons. The first kappa shape index (κ1) is 18.3. The van der Waals surface area contributed by atoms with Crippen molar-refractivity contribution < 1.29 is 9.53 Å². The highest BCUT2D eigenvalue weighted by Crippen LogP contribution is 2.32. The normalized spacial score (nSPS) is 20.1. The van der Waals surface area contributed by atoms with E-state index in [9.17, 15) is 9.59 Å². The van der Waals surface area contributed by atoms with Gasteiger partial charge >= 0.3 is 5.69 Å². The lowest BCUT2D eigenvalue weighted by molar-refractivity contribution is -0.122. The number of hydrogen-bond donors (Lipinski definition) is 1. The number of hydrogen-bond acceptors (Lipinski definition) is 5. The maximum absolute atomic E-state index is 12.3. The van der Waals surface area contributed by atoms with Crippen molar-refractivity contribution in [1.82, 2.24) is 24.6 Å². The Balaban J connectivity index is 1.63. The Kier molecular flexibility index (Phi) is 5.51. The zero-order chi connectivity index (χ0) is 18.7. The van der Waals surface area contributed by atoms with Crippen LogP contribution in [0.5, 0.6) is 0 Å². The molecule has 8 heteroatoms. The fourth-order valence-corrected chi connectivity index (χ4v) is 3.45. The number of carbonyl (C=O) groups is 1. The van der Waals surface area contributed by atoms with Gasteiger partial charge in [0.05, 0.1) is 5.69 Å². The number of ether oxygens (including phenoxy) is 1. The monoisotopic (exact) mass is 359 g/mol. The second kappa shape index (κ2) is 7.82. The summed E-state index contributed by atoms with van der Waals surface area (Å²) in [6, 6.07) is 3.74. The number of carbonyl (C=O) groups excluding carboxylic acids is 1. The van der Waals surface area contributed by atoms with Crippen LogP contribution in [-0.2, 0) is 23.1 Å². The molecular weight excluding hydrogens is 334 g/mol. The van der Waals surface area contributed by atoms with E-state index in [1.807, 2.05) is 17.8 Å². The molecule has 1 saturated heterocycles. The van der Waals surface area contributed by atoms with Gasteiger partial charge in [0.1, 0.15) is 12.6 Å². The van der Waals surface area contributed by atoms with E-state index >= 15 is 0 Å². The van der Waals surface area contributed by atoms with Crippen LogP contribution < -0.4 is 11.0 Å². The first-order valence-electron chi connectivity index (χ1n) is 8.87. The molecule has 1 aliphatic rings. The van der Waals surface area contributed by atoms with Crippen molar-refractivity contribution in [1.29, 1.82) is 0 Å². The Morgan fingerprint density at radius 1 is 1.42 bits per heavy atom. The quantitative estimate of drug-likeness (QED) is 0.856. The van der Waals surface area contributed by atoms with Gasteiger partial charge in [-0.2, -0.15) is 10.1 Å². The minimum absolute atomic E-state index is 0.0259. The summed E-state index contributed by atoms with van der Waals surface area (Å²) in [6.45, 7) is 4.75. The van der Waals surface area contributed by atoms with E-state index < -0.39 is 5.69 Å².